The Balaban J connectivity index is 1.48. The van der Waals surface area contributed by atoms with Crippen molar-refractivity contribution in [3.8, 4) is 28.6 Å². The number of rotatable bonds is 6. The highest BCUT2D eigenvalue weighted by Crippen LogP contribution is 2.24. The van der Waals surface area contributed by atoms with Crippen LogP contribution in [-0.2, 0) is 13.0 Å². The second-order valence-corrected chi connectivity index (χ2v) is 6.42. The SMILES string of the molecule is CCc1ccc(OCc2cccc(-c3nc(-c4ccc(F)cc4)no3)c2)cc1. The van der Waals surface area contributed by atoms with E-state index >= 15 is 0 Å². The van der Waals surface area contributed by atoms with Crippen LogP contribution in [0.15, 0.2) is 77.3 Å². The van der Waals surface area contributed by atoms with Crippen molar-refractivity contribution in [3.05, 3.63) is 89.7 Å². The minimum Gasteiger partial charge on any atom is -0.489 e. The van der Waals surface area contributed by atoms with Crippen LogP contribution in [0.2, 0.25) is 0 Å². The standard InChI is InChI=1S/C23H19FN2O2/c1-2-16-6-12-21(13-7-16)27-15-17-4-3-5-19(14-17)23-25-22(26-28-23)18-8-10-20(24)11-9-18/h3-14H,2,15H2,1H3. The minimum atomic E-state index is -0.301. The maximum Gasteiger partial charge on any atom is 0.258 e. The lowest BCUT2D eigenvalue weighted by molar-refractivity contribution is 0.306. The second kappa shape index (κ2) is 8.05. The fourth-order valence-corrected chi connectivity index (χ4v) is 2.84. The van der Waals surface area contributed by atoms with Crippen molar-refractivity contribution in [1.29, 1.82) is 0 Å². The van der Waals surface area contributed by atoms with E-state index in [1.807, 2.05) is 36.4 Å². The van der Waals surface area contributed by atoms with E-state index in [0.717, 1.165) is 23.3 Å². The summed E-state index contributed by atoms with van der Waals surface area (Å²) in [5, 5.41) is 3.99. The summed E-state index contributed by atoms with van der Waals surface area (Å²) in [6.45, 7) is 2.57. The summed E-state index contributed by atoms with van der Waals surface area (Å²) >= 11 is 0. The molecule has 0 aliphatic carbocycles. The Kier molecular flexibility index (Phi) is 5.15. The molecule has 5 heteroatoms. The van der Waals surface area contributed by atoms with Crippen molar-refractivity contribution in [1.82, 2.24) is 10.1 Å². The van der Waals surface area contributed by atoms with Gasteiger partial charge in [-0.1, -0.05) is 36.3 Å². The molecule has 0 unspecified atom stereocenters. The Morgan fingerprint density at radius 3 is 2.43 bits per heavy atom. The highest BCUT2D eigenvalue weighted by molar-refractivity contribution is 5.60. The molecule has 0 saturated heterocycles. The molecule has 3 aromatic carbocycles. The smallest absolute Gasteiger partial charge is 0.258 e. The Morgan fingerprint density at radius 1 is 0.893 bits per heavy atom. The number of aryl methyl sites for hydroxylation is 1. The van der Waals surface area contributed by atoms with Gasteiger partial charge in [-0.15, -0.1) is 0 Å². The van der Waals surface area contributed by atoms with E-state index < -0.39 is 0 Å². The van der Waals surface area contributed by atoms with Gasteiger partial charge in [-0.3, -0.25) is 0 Å². The molecule has 0 spiro atoms. The van der Waals surface area contributed by atoms with E-state index in [1.165, 1.54) is 17.7 Å². The molecule has 140 valence electrons. The van der Waals surface area contributed by atoms with Crippen LogP contribution < -0.4 is 4.74 Å². The summed E-state index contributed by atoms with van der Waals surface area (Å²) in [4.78, 5) is 4.42. The van der Waals surface area contributed by atoms with Crippen molar-refractivity contribution in [3.63, 3.8) is 0 Å². The third kappa shape index (κ3) is 4.09. The van der Waals surface area contributed by atoms with Gasteiger partial charge in [0.1, 0.15) is 18.2 Å². The van der Waals surface area contributed by atoms with Crippen LogP contribution in [0, 0.1) is 5.82 Å². The van der Waals surface area contributed by atoms with Crippen molar-refractivity contribution in [2.24, 2.45) is 0 Å². The first kappa shape index (κ1) is 17.9. The van der Waals surface area contributed by atoms with Crippen molar-refractivity contribution in [2.75, 3.05) is 0 Å². The minimum absolute atomic E-state index is 0.301. The number of benzene rings is 3. The van der Waals surface area contributed by atoms with Gasteiger partial charge in [0, 0.05) is 11.1 Å². The molecule has 1 aromatic heterocycles. The normalized spacial score (nSPS) is 10.8. The number of hydrogen-bond donors (Lipinski definition) is 0. The zero-order chi connectivity index (χ0) is 19.3. The predicted octanol–water partition coefficient (Wildman–Crippen LogP) is 5.68. The lowest BCUT2D eigenvalue weighted by Gasteiger charge is -2.07. The van der Waals surface area contributed by atoms with Gasteiger partial charge in [-0.25, -0.2) is 4.39 Å². The number of halogens is 1. The summed E-state index contributed by atoms with van der Waals surface area (Å²) in [7, 11) is 0. The number of nitrogens with zero attached hydrogens (tertiary/aromatic N) is 2. The molecule has 0 bridgehead atoms. The molecule has 4 nitrogen and oxygen atoms in total. The van der Waals surface area contributed by atoms with Gasteiger partial charge in [0.25, 0.3) is 5.89 Å². The molecular weight excluding hydrogens is 355 g/mol. The van der Waals surface area contributed by atoms with E-state index in [2.05, 4.69) is 29.2 Å². The van der Waals surface area contributed by atoms with Gasteiger partial charge in [0.2, 0.25) is 5.82 Å². The molecule has 0 amide bonds. The van der Waals surface area contributed by atoms with Gasteiger partial charge < -0.3 is 9.26 Å². The molecule has 0 aliphatic heterocycles. The molecule has 4 aromatic rings. The largest absolute Gasteiger partial charge is 0.489 e. The molecule has 0 N–H and O–H groups in total. The highest BCUT2D eigenvalue weighted by Gasteiger charge is 2.11. The zero-order valence-electron chi connectivity index (χ0n) is 15.4. The van der Waals surface area contributed by atoms with Crippen LogP contribution in [0.5, 0.6) is 5.75 Å². The first-order chi connectivity index (χ1) is 13.7. The Hall–Kier alpha value is -3.47. The van der Waals surface area contributed by atoms with E-state index in [1.54, 1.807) is 12.1 Å². The van der Waals surface area contributed by atoms with Crippen LogP contribution in [0.1, 0.15) is 18.1 Å². The van der Waals surface area contributed by atoms with Crippen molar-refractivity contribution in [2.45, 2.75) is 20.0 Å². The Morgan fingerprint density at radius 2 is 1.68 bits per heavy atom. The number of ether oxygens (including phenoxy) is 1. The lowest BCUT2D eigenvalue weighted by atomic mass is 10.1. The van der Waals surface area contributed by atoms with Crippen LogP contribution in [0.4, 0.5) is 4.39 Å². The van der Waals surface area contributed by atoms with Gasteiger partial charge in [-0.05, 0) is 66.1 Å². The van der Waals surface area contributed by atoms with Gasteiger partial charge in [0.05, 0.1) is 0 Å². The molecule has 0 aliphatic rings. The molecule has 4 rings (SSSR count). The van der Waals surface area contributed by atoms with Crippen molar-refractivity contribution < 1.29 is 13.7 Å². The third-order valence-electron chi connectivity index (χ3n) is 4.44. The van der Waals surface area contributed by atoms with E-state index in [9.17, 15) is 4.39 Å². The topological polar surface area (TPSA) is 48.2 Å². The molecule has 1 heterocycles. The average molecular weight is 374 g/mol. The highest BCUT2D eigenvalue weighted by atomic mass is 19.1. The third-order valence-corrected chi connectivity index (χ3v) is 4.44. The van der Waals surface area contributed by atoms with Crippen molar-refractivity contribution >= 4 is 0 Å². The van der Waals surface area contributed by atoms with Crippen LogP contribution in [-0.4, -0.2) is 10.1 Å². The molecule has 0 saturated carbocycles. The van der Waals surface area contributed by atoms with E-state index in [0.29, 0.717) is 23.9 Å². The molecular formula is C23H19FN2O2. The summed E-state index contributed by atoms with van der Waals surface area (Å²) in [6, 6.07) is 21.9. The maximum atomic E-state index is 13.1. The van der Waals surface area contributed by atoms with Crippen LogP contribution in [0.3, 0.4) is 0 Å². The summed E-state index contributed by atoms with van der Waals surface area (Å²) in [5.74, 6) is 1.37. The van der Waals surface area contributed by atoms with Gasteiger partial charge in [0.15, 0.2) is 0 Å². The Labute approximate surface area is 162 Å². The fraction of sp³-hybridized carbons (Fsp3) is 0.130. The van der Waals surface area contributed by atoms with E-state index in [4.69, 9.17) is 9.26 Å². The summed E-state index contributed by atoms with van der Waals surface area (Å²) in [6.07, 6.45) is 1.01. The number of hydrogen-bond acceptors (Lipinski definition) is 4. The maximum absolute atomic E-state index is 13.1. The van der Waals surface area contributed by atoms with Gasteiger partial charge >= 0.3 is 0 Å². The molecule has 28 heavy (non-hydrogen) atoms. The number of aromatic nitrogens is 2. The Bertz CT molecular complexity index is 1060. The molecule has 0 fully saturated rings. The quantitative estimate of drug-likeness (QED) is 0.435. The zero-order valence-corrected chi connectivity index (χ0v) is 15.4. The van der Waals surface area contributed by atoms with Crippen LogP contribution in [0.25, 0.3) is 22.8 Å². The second-order valence-electron chi connectivity index (χ2n) is 6.42. The molecule has 0 radical (unpaired) electrons. The summed E-state index contributed by atoms with van der Waals surface area (Å²) < 4.78 is 24.3. The molecule has 0 atom stereocenters. The average Bonchev–Trinajstić information content (AvgIpc) is 3.24. The predicted molar refractivity (Wildman–Crippen MR) is 105 cm³/mol. The first-order valence-corrected chi connectivity index (χ1v) is 9.12. The van der Waals surface area contributed by atoms with Gasteiger partial charge in [-0.2, -0.15) is 4.98 Å². The van der Waals surface area contributed by atoms with Crippen LogP contribution >= 0.6 is 0 Å². The fourth-order valence-electron chi connectivity index (χ4n) is 2.84. The monoisotopic (exact) mass is 374 g/mol. The summed E-state index contributed by atoms with van der Waals surface area (Å²) in [5.41, 5.74) is 3.79. The lowest BCUT2D eigenvalue weighted by Crippen LogP contribution is -1.96. The first-order valence-electron chi connectivity index (χ1n) is 9.12. The van der Waals surface area contributed by atoms with E-state index in [-0.39, 0.29) is 5.82 Å².